The maximum atomic E-state index is 13.0. The number of halogens is 1. The molecule has 13 heteroatoms. The maximum Gasteiger partial charge on any atom is 0.291 e. The van der Waals surface area contributed by atoms with Gasteiger partial charge in [-0.05, 0) is 24.3 Å². The maximum absolute atomic E-state index is 13.0. The third-order valence-electron chi connectivity index (χ3n) is 4.45. The molecule has 5 rings (SSSR count). The van der Waals surface area contributed by atoms with Crippen molar-refractivity contribution in [1.82, 2.24) is 34.0 Å². The quantitative estimate of drug-likeness (QED) is 0.447. The first-order valence-electron chi connectivity index (χ1n) is 8.76. The van der Waals surface area contributed by atoms with Crippen LogP contribution in [-0.2, 0) is 11.3 Å². The molecule has 0 bridgehead atoms. The summed E-state index contributed by atoms with van der Waals surface area (Å²) < 4.78 is 5.82. The summed E-state index contributed by atoms with van der Waals surface area (Å²) in [5.41, 5.74) is 1.40. The molecule has 30 heavy (non-hydrogen) atoms. The average Bonchev–Trinajstić information content (AvgIpc) is 3.37. The smallest absolute Gasteiger partial charge is 0.291 e. The number of fused-ring (bicyclic) bond motifs is 4. The Balaban J connectivity index is 1.52. The predicted molar refractivity (Wildman–Crippen MR) is 114 cm³/mol. The van der Waals surface area contributed by atoms with Gasteiger partial charge in [0.2, 0.25) is 11.9 Å². The van der Waals surface area contributed by atoms with Gasteiger partial charge in [0.25, 0.3) is 5.56 Å². The van der Waals surface area contributed by atoms with Gasteiger partial charge in [0, 0.05) is 14.1 Å². The van der Waals surface area contributed by atoms with Crippen molar-refractivity contribution in [3.8, 4) is 0 Å². The highest BCUT2D eigenvalue weighted by Gasteiger charge is 2.19. The van der Waals surface area contributed by atoms with Crippen molar-refractivity contribution in [3.05, 3.63) is 45.3 Å². The Kier molecular flexibility index (Phi) is 4.18. The van der Waals surface area contributed by atoms with Crippen molar-refractivity contribution in [2.45, 2.75) is 6.54 Å². The zero-order chi connectivity index (χ0) is 21.0. The van der Waals surface area contributed by atoms with E-state index in [0.717, 1.165) is 14.9 Å². The van der Waals surface area contributed by atoms with Crippen LogP contribution in [0.4, 0.5) is 11.8 Å². The van der Waals surface area contributed by atoms with Crippen molar-refractivity contribution < 1.29 is 4.79 Å². The van der Waals surface area contributed by atoms with Gasteiger partial charge in [-0.25, -0.2) is 4.68 Å². The highest BCUT2D eigenvalue weighted by atomic mass is 35.5. The van der Waals surface area contributed by atoms with Gasteiger partial charge in [-0.15, -0.1) is 31.7 Å². The van der Waals surface area contributed by atoms with Gasteiger partial charge >= 0.3 is 0 Å². The summed E-state index contributed by atoms with van der Waals surface area (Å²) in [6, 6.07) is 6.84. The Labute approximate surface area is 177 Å². The molecule has 0 radical (unpaired) electrons. The summed E-state index contributed by atoms with van der Waals surface area (Å²) in [5.74, 6) is 0.382. The molecule has 0 saturated carbocycles. The molecule has 1 N–H and O–H groups in total. The molecule has 0 fully saturated rings. The van der Waals surface area contributed by atoms with E-state index in [1.165, 1.54) is 22.2 Å². The second kappa shape index (κ2) is 6.78. The SMILES string of the molecule is CN(C)c1nn(CC(=O)Nc2ccc3nncn3n2)c(=O)c2cc3sc(Cl)cc3n12. The first-order chi connectivity index (χ1) is 14.4. The molecule has 5 aromatic heterocycles. The minimum atomic E-state index is -0.435. The fourth-order valence-corrected chi connectivity index (χ4v) is 4.33. The van der Waals surface area contributed by atoms with E-state index in [-0.39, 0.29) is 12.1 Å². The second-order valence-electron chi connectivity index (χ2n) is 6.72. The zero-order valence-electron chi connectivity index (χ0n) is 15.8. The van der Waals surface area contributed by atoms with Crippen molar-refractivity contribution in [1.29, 1.82) is 0 Å². The number of nitrogens with zero attached hydrogens (tertiary/aromatic N) is 8. The van der Waals surface area contributed by atoms with E-state index in [2.05, 4.69) is 25.7 Å². The van der Waals surface area contributed by atoms with Gasteiger partial charge < -0.3 is 10.2 Å². The number of carbonyl (C=O) groups is 1. The molecule has 0 aliphatic heterocycles. The van der Waals surface area contributed by atoms with Gasteiger partial charge in [-0.3, -0.25) is 14.0 Å². The minimum Gasteiger partial charge on any atom is -0.347 e. The molecular weight excluding hydrogens is 430 g/mol. The number of amides is 1. The first kappa shape index (κ1) is 18.5. The fraction of sp³-hybridized carbons (Fsp3) is 0.176. The molecular formula is C17H14ClN9O2S. The second-order valence-corrected chi connectivity index (χ2v) is 8.44. The fourth-order valence-electron chi connectivity index (χ4n) is 3.18. The molecule has 0 atom stereocenters. The van der Waals surface area contributed by atoms with Crippen LogP contribution in [-0.4, -0.2) is 54.0 Å². The number of nitrogens with one attached hydrogen (secondary N) is 1. The molecule has 0 aliphatic rings. The lowest BCUT2D eigenvalue weighted by Crippen LogP contribution is -2.33. The third-order valence-corrected chi connectivity index (χ3v) is 5.65. The molecule has 0 saturated heterocycles. The van der Waals surface area contributed by atoms with Gasteiger partial charge in [0.15, 0.2) is 11.5 Å². The van der Waals surface area contributed by atoms with Crippen LogP contribution in [0.15, 0.2) is 35.4 Å². The molecule has 152 valence electrons. The molecule has 5 aromatic rings. The van der Waals surface area contributed by atoms with Crippen LogP contribution < -0.4 is 15.8 Å². The van der Waals surface area contributed by atoms with E-state index in [1.54, 1.807) is 33.6 Å². The van der Waals surface area contributed by atoms with Crippen LogP contribution in [0.25, 0.3) is 21.4 Å². The Morgan fingerprint density at radius 2 is 2.07 bits per heavy atom. The number of aromatic nitrogens is 7. The van der Waals surface area contributed by atoms with E-state index in [9.17, 15) is 9.59 Å². The van der Waals surface area contributed by atoms with Crippen LogP contribution in [0.3, 0.4) is 0 Å². The lowest BCUT2D eigenvalue weighted by Gasteiger charge is -2.16. The number of hydrogen-bond acceptors (Lipinski definition) is 8. The van der Waals surface area contributed by atoms with Crippen LogP contribution in [0.2, 0.25) is 4.34 Å². The molecule has 0 unspecified atom stereocenters. The standard InChI is InChI=1S/C17H14ClN9O2S/c1-24(2)17-23-25(16(29)10-5-11-9(27(10)17)6-12(18)30-11)7-15(28)20-13-3-4-14-21-19-8-26(14)22-13/h3-6,8H,7H2,1-2H3,(H,20,22,28). The molecule has 1 amide bonds. The summed E-state index contributed by atoms with van der Waals surface area (Å²) in [4.78, 5) is 27.3. The monoisotopic (exact) mass is 443 g/mol. The minimum absolute atomic E-state index is 0.266. The Hall–Kier alpha value is -3.51. The van der Waals surface area contributed by atoms with Crippen LogP contribution >= 0.6 is 22.9 Å². The van der Waals surface area contributed by atoms with Crippen molar-refractivity contribution in [2.24, 2.45) is 0 Å². The molecule has 11 nitrogen and oxygen atoms in total. The van der Waals surface area contributed by atoms with E-state index in [4.69, 9.17) is 11.6 Å². The normalized spacial score (nSPS) is 11.6. The number of rotatable bonds is 4. The zero-order valence-corrected chi connectivity index (χ0v) is 17.3. The summed E-state index contributed by atoms with van der Waals surface area (Å²) >= 11 is 7.50. The molecule has 5 heterocycles. The van der Waals surface area contributed by atoms with Crippen molar-refractivity contribution in [3.63, 3.8) is 0 Å². The topological polar surface area (TPSA) is 115 Å². The van der Waals surface area contributed by atoms with E-state index < -0.39 is 5.91 Å². The van der Waals surface area contributed by atoms with Gasteiger partial charge in [-0.1, -0.05) is 11.6 Å². The van der Waals surface area contributed by atoms with E-state index in [1.807, 2.05) is 14.1 Å². The summed E-state index contributed by atoms with van der Waals surface area (Å²) in [6.07, 6.45) is 1.43. The summed E-state index contributed by atoms with van der Waals surface area (Å²) in [5, 5.41) is 18.9. The number of thiophene rings is 1. The highest BCUT2D eigenvalue weighted by Crippen LogP contribution is 2.32. The Bertz CT molecular complexity index is 1500. The van der Waals surface area contributed by atoms with Gasteiger partial charge in [0.1, 0.15) is 18.4 Å². The van der Waals surface area contributed by atoms with Gasteiger partial charge in [0.05, 0.1) is 14.6 Å². The highest BCUT2D eigenvalue weighted by molar-refractivity contribution is 7.22. The van der Waals surface area contributed by atoms with Crippen LogP contribution in [0.5, 0.6) is 0 Å². The summed E-state index contributed by atoms with van der Waals surface area (Å²) in [6.45, 7) is -0.266. The Morgan fingerprint density at radius 3 is 2.87 bits per heavy atom. The Morgan fingerprint density at radius 1 is 1.23 bits per heavy atom. The third kappa shape index (κ3) is 2.97. The van der Waals surface area contributed by atoms with Crippen LogP contribution in [0, 0.1) is 0 Å². The summed E-state index contributed by atoms with van der Waals surface area (Å²) in [7, 11) is 3.63. The van der Waals surface area contributed by atoms with E-state index in [0.29, 0.717) is 27.3 Å². The lowest BCUT2D eigenvalue weighted by atomic mass is 10.4. The van der Waals surface area contributed by atoms with Crippen molar-refractivity contribution >= 4 is 62.0 Å². The van der Waals surface area contributed by atoms with E-state index >= 15 is 0 Å². The molecule has 0 spiro atoms. The molecule has 0 aliphatic carbocycles. The van der Waals surface area contributed by atoms with Gasteiger partial charge in [-0.2, -0.15) is 4.52 Å². The number of carbonyl (C=O) groups excluding carboxylic acids is 1. The number of hydrogen-bond donors (Lipinski definition) is 1. The molecule has 0 aromatic carbocycles. The van der Waals surface area contributed by atoms with Crippen molar-refractivity contribution in [2.75, 3.05) is 24.3 Å². The first-order valence-corrected chi connectivity index (χ1v) is 9.96. The largest absolute Gasteiger partial charge is 0.347 e. The predicted octanol–water partition coefficient (Wildman–Crippen LogP) is 1.51. The lowest BCUT2D eigenvalue weighted by molar-refractivity contribution is -0.117. The van der Waals surface area contributed by atoms with Crippen LogP contribution in [0.1, 0.15) is 0 Å². The average molecular weight is 444 g/mol. The number of anilines is 2.